The smallest absolute Gasteiger partial charge is 0.317 e. The van der Waals surface area contributed by atoms with Gasteiger partial charge in [0.25, 0.3) is 20.2 Å². The molecule has 18 nitrogen and oxygen atoms in total. The number of aromatic nitrogens is 2. The first-order valence-corrected chi connectivity index (χ1v) is 18.0. The quantitative estimate of drug-likeness (QED) is 0.0589. The van der Waals surface area contributed by atoms with Gasteiger partial charge < -0.3 is 35.0 Å². The lowest BCUT2D eigenvalue weighted by Gasteiger charge is -2.37. The number of hydrogen-bond acceptors (Lipinski definition) is 15. The Morgan fingerprint density at radius 1 is 0.731 bits per heavy atom. The van der Waals surface area contributed by atoms with Gasteiger partial charge in [0.1, 0.15) is 32.8 Å². The second-order valence-electron chi connectivity index (χ2n) is 11.2. The molecule has 20 heteroatoms. The number of pyridine rings is 2. The van der Waals surface area contributed by atoms with Crippen LogP contribution in [0.5, 0.6) is 23.0 Å². The second kappa shape index (κ2) is 16.6. The van der Waals surface area contributed by atoms with Gasteiger partial charge in [0.15, 0.2) is 6.29 Å². The summed E-state index contributed by atoms with van der Waals surface area (Å²) in [5.74, 6) is -3.46. The number of aliphatic hydroxyl groups is 2. The lowest BCUT2D eigenvalue weighted by molar-refractivity contribution is -0.139. The molecule has 0 spiro atoms. The number of hydrogen-bond donors (Lipinski definition) is 7. The number of carbonyl (C=O) groups is 1. The van der Waals surface area contributed by atoms with Crippen LogP contribution in [0.25, 0.3) is 0 Å². The van der Waals surface area contributed by atoms with Crippen LogP contribution in [0.1, 0.15) is 34.6 Å². The molecule has 0 fully saturated rings. The molecule has 0 saturated carbocycles. The minimum absolute atomic E-state index is 0.114. The van der Waals surface area contributed by atoms with E-state index in [-0.39, 0.29) is 47.1 Å². The van der Waals surface area contributed by atoms with E-state index in [1.807, 2.05) is 0 Å². The molecule has 0 saturated heterocycles. The van der Waals surface area contributed by atoms with Crippen molar-refractivity contribution >= 4 is 26.2 Å². The summed E-state index contributed by atoms with van der Waals surface area (Å²) in [4.78, 5) is 21.7. The van der Waals surface area contributed by atoms with Crippen LogP contribution in [0.2, 0.25) is 0 Å². The van der Waals surface area contributed by atoms with Crippen molar-refractivity contribution in [3.05, 3.63) is 95.6 Å². The van der Waals surface area contributed by atoms with E-state index in [0.29, 0.717) is 0 Å². The molecule has 2 aromatic carbocycles. The Morgan fingerprint density at radius 2 is 1.15 bits per heavy atom. The van der Waals surface area contributed by atoms with E-state index in [9.17, 15) is 56.3 Å². The summed E-state index contributed by atoms with van der Waals surface area (Å²) in [5, 5.41) is 52.9. The van der Waals surface area contributed by atoms with Crippen LogP contribution in [0.3, 0.4) is 0 Å². The van der Waals surface area contributed by atoms with Crippen LogP contribution in [0, 0.1) is 0 Å². The Morgan fingerprint density at radius 3 is 1.50 bits per heavy atom. The van der Waals surface area contributed by atoms with Gasteiger partial charge in [-0.15, -0.1) is 0 Å². The van der Waals surface area contributed by atoms with Gasteiger partial charge in [-0.2, -0.15) is 16.8 Å². The average molecular weight is 765 g/mol. The lowest BCUT2D eigenvalue weighted by Crippen LogP contribution is -2.44. The van der Waals surface area contributed by atoms with E-state index < -0.39 is 79.0 Å². The molecule has 0 amide bonds. The first-order chi connectivity index (χ1) is 24.5. The van der Waals surface area contributed by atoms with E-state index in [2.05, 4.69) is 9.97 Å². The highest BCUT2D eigenvalue weighted by Crippen LogP contribution is 2.42. The highest BCUT2D eigenvalue weighted by atomic mass is 32.2. The molecule has 52 heavy (non-hydrogen) atoms. The van der Waals surface area contributed by atoms with Crippen LogP contribution in [0.15, 0.2) is 82.8 Å². The van der Waals surface area contributed by atoms with Gasteiger partial charge >= 0.3 is 5.97 Å². The molecule has 0 aliphatic heterocycles. The van der Waals surface area contributed by atoms with Gasteiger partial charge in [-0.1, -0.05) is 12.1 Å². The maximum Gasteiger partial charge on any atom is 0.317 e. The third-order valence-corrected chi connectivity index (χ3v) is 9.58. The number of ether oxygens (including phenoxy) is 2. The van der Waals surface area contributed by atoms with Crippen LogP contribution >= 0.6 is 0 Å². The minimum atomic E-state index is -5.04. The normalized spacial score (nSPS) is 13.3. The van der Waals surface area contributed by atoms with E-state index in [0.717, 1.165) is 12.1 Å². The predicted octanol–water partition coefficient (Wildman–Crippen LogP) is 1.28. The highest BCUT2D eigenvalue weighted by Gasteiger charge is 2.35. The van der Waals surface area contributed by atoms with E-state index in [4.69, 9.17) is 9.47 Å². The third kappa shape index (κ3) is 9.48. The number of nitrogens with zero attached hydrogens (tertiary/aromatic N) is 4. The topological polar surface area (TPSA) is 278 Å². The van der Waals surface area contributed by atoms with Gasteiger partial charge in [0, 0.05) is 48.7 Å². The monoisotopic (exact) mass is 764 g/mol. The number of rotatable bonds is 17. The molecule has 0 radical (unpaired) electrons. The minimum Gasteiger partial charge on any atom is -0.506 e. The van der Waals surface area contributed by atoms with Gasteiger partial charge in [0.05, 0.1) is 50.8 Å². The van der Waals surface area contributed by atoms with Crippen molar-refractivity contribution < 1.29 is 65.7 Å². The van der Waals surface area contributed by atoms with Gasteiger partial charge in [-0.05, 0) is 36.4 Å². The van der Waals surface area contributed by atoms with Gasteiger partial charge in [-0.3, -0.25) is 33.7 Å². The standard InChI is InChI=1S/C32H36N4O14S2/c1-49-19-13-21(31(41)25(15-19)51(43,44)45)29(23-7-3-5-9-33-23)35(17-27(37)38)11-12-36(18-28(39)40)30(24-8-4-6-10-34-24)22-14-20(50-2)16-26(32(22)42)52(46,47)48/h3-10,13-16,27,29-30,37-38,41-42H,11-12,17-18H2,1-2H3,(H,39,40)(H,43,44,45)(H,46,47,48). The number of methoxy groups -OCH3 is 2. The number of benzene rings is 2. The van der Waals surface area contributed by atoms with Crippen molar-refractivity contribution in [3.63, 3.8) is 0 Å². The Hall–Kier alpha value is -4.93. The maximum atomic E-state index is 12.3. The molecule has 2 atom stereocenters. The molecule has 0 bridgehead atoms. The summed E-state index contributed by atoms with van der Waals surface area (Å²) in [7, 11) is -7.66. The fourth-order valence-corrected chi connectivity index (χ4v) is 6.93. The first-order valence-electron chi connectivity index (χ1n) is 15.1. The lowest BCUT2D eigenvalue weighted by atomic mass is 9.98. The van der Waals surface area contributed by atoms with E-state index in [1.54, 1.807) is 24.3 Å². The molecule has 0 aliphatic carbocycles. The van der Waals surface area contributed by atoms with Crippen molar-refractivity contribution in [2.24, 2.45) is 0 Å². The van der Waals surface area contributed by atoms with Crippen molar-refractivity contribution in [1.29, 1.82) is 0 Å². The van der Waals surface area contributed by atoms with Gasteiger partial charge in [-0.25, -0.2) is 0 Å². The Balaban J connectivity index is 1.94. The fraction of sp³-hybridized carbons (Fsp3) is 0.281. The molecule has 0 aliphatic rings. The average Bonchev–Trinajstić information content (AvgIpc) is 3.08. The molecule has 4 rings (SSSR count). The number of phenols is 2. The molecule has 280 valence electrons. The number of aromatic hydroxyl groups is 2. The third-order valence-electron chi connectivity index (χ3n) is 7.85. The van der Waals surface area contributed by atoms with Crippen molar-refractivity contribution in [3.8, 4) is 23.0 Å². The molecular formula is C32H36N4O14S2. The molecule has 2 aromatic heterocycles. The second-order valence-corrected chi connectivity index (χ2v) is 14.0. The number of carboxylic acid groups (broad SMARTS) is 1. The number of aliphatic carboxylic acids is 1. The SMILES string of the molecule is COc1cc(C(c2ccccn2)N(CCN(CC(O)O)C(c2ccccn2)c2cc(OC)cc(S(=O)(=O)O)c2O)CC(=O)O)c(O)c(S(=O)(=O)O)c1. The van der Waals surface area contributed by atoms with Crippen molar-refractivity contribution in [2.45, 2.75) is 28.2 Å². The Bertz CT molecular complexity index is 2090. The van der Waals surface area contributed by atoms with Gasteiger partial charge in [0.2, 0.25) is 0 Å². The van der Waals surface area contributed by atoms with Crippen LogP contribution < -0.4 is 9.47 Å². The van der Waals surface area contributed by atoms with E-state index >= 15 is 0 Å². The van der Waals surface area contributed by atoms with Crippen molar-refractivity contribution in [1.82, 2.24) is 19.8 Å². The highest BCUT2D eigenvalue weighted by molar-refractivity contribution is 7.86. The number of carboxylic acids is 1. The maximum absolute atomic E-state index is 12.3. The molecule has 2 heterocycles. The Labute approximate surface area is 298 Å². The van der Waals surface area contributed by atoms with Crippen LogP contribution in [-0.2, 0) is 25.0 Å². The number of aliphatic hydroxyl groups excluding tert-OH is 1. The van der Waals surface area contributed by atoms with E-state index in [1.165, 1.54) is 60.7 Å². The summed E-state index contributed by atoms with van der Waals surface area (Å²) in [6, 6.07) is 10.8. The molecule has 7 N–H and O–H groups in total. The summed E-state index contributed by atoms with van der Waals surface area (Å²) < 4.78 is 79.4. The zero-order chi connectivity index (χ0) is 38.4. The summed E-state index contributed by atoms with van der Waals surface area (Å²) in [6.45, 7) is -2.04. The largest absolute Gasteiger partial charge is 0.506 e. The zero-order valence-corrected chi connectivity index (χ0v) is 29.2. The van der Waals surface area contributed by atoms with Crippen LogP contribution in [0.4, 0.5) is 0 Å². The summed E-state index contributed by atoms with van der Waals surface area (Å²) >= 11 is 0. The number of phenolic OH excluding ortho intramolecular Hbond substituents is 2. The van der Waals surface area contributed by atoms with Crippen LogP contribution in [-0.4, -0.2) is 124 Å². The summed E-state index contributed by atoms with van der Waals surface area (Å²) in [5.41, 5.74) is -0.181. The zero-order valence-electron chi connectivity index (χ0n) is 27.6. The molecule has 4 aromatic rings. The molecule has 2 unspecified atom stereocenters. The molecular weight excluding hydrogens is 729 g/mol. The predicted molar refractivity (Wildman–Crippen MR) is 180 cm³/mol. The fourth-order valence-electron chi connectivity index (χ4n) is 5.68. The first kappa shape index (κ1) is 39.8. The van der Waals surface area contributed by atoms with Crippen molar-refractivity contribution in [2.75, 3.05) is 40.4 Å². The Kier molecular flexibility index (Phi) is 12.7. The summed E-state index contributed by atoms with van der Waals surface area (Å²) in [6.07, 6.45) is 0.689.